The zero-order valence-electron chi connectivity index (χ0n) is 16.2. The van der Waals surface area contributed by atoms with E-state index in [0.717, 1.165) is 37.1 Å². The van der Waals surface area contributed by atoms with Gasteiger partial charge in [0, 0.05) is 29.4 Å². The topological polar surface area (TPSA) is 119 Å². The Kier molecular flexibility index (Phi) is 5.69. The Bertz CT molecular complexity index is 1110. The highest BCUT2D eigenvalue weighted by Gasteiger charge is 2.24. The second kappa shape index (κ2) is 8.41. The number of fused-ring (bicyclic) bond motifs is 1. The molecule has 4 rings (SSSR count). The van der Waals surface area contributed by atoms with E-state index in [0.29, 0.717) is 16.2 Å². The fourth-order valence-electron chi connectivity index (χ4n) is 3.70. The van der Waals surface area contributed by atoms with Gasteiger partial charge in [-0.1, -0.05) is 30.5 Å². The maximum atomic E-state index is 14.6. The Morgan fingerprint density at radius 2 is 1.97 bits per heavy atom. The molecule has 1 fully saturated rings. The van der Waals surface area contributed by atoms with Gasteiger partial charge < -0.3 is 22.1 Å². The van der Waals surface area contributed by atoms with Crippen LogP contribution < -0.4 is 22.1 Å². The van der Waals surface area contributed by atoms with Crippen molar-refractivity contribution in [3.63, 3.8) is 0 Å². The van der Waals surface area contributed by atoms with Gasteiger partial charge in [-0.05, 0) is 37.1 Å². The predicted octanol–water partition coefficient (Wildman–Crippen LogP) is 3.95. The van der Waals surface area contributed by atoms with Gasteiger partial charge in [0.05, 0.1) is 16.1 Å². The third-order valence-corrected chi connectivity index (χ3v) is 5.50. The van der Waals surface area contributed by atoms with Crippen molar-refractivity contribution >= 4 is 45.7 Å². The number of aromatic nitrogens is 2. The van der Waals surface area contributed by atoms with E-state index in [4.69, 9.17) is 23.1 Å². The number of carbonyl (C=O) groups is 1. The van der Waals surface area contributed by atoms with E-state index in [2.05, 4.69) is 20.6 Å². The van der Waals surface area contributed by atoms with E-state index in [1.165, 1.54) is 0 Å². The standard InChI is InChI=1S/C21H22ClFN6O/c22-12-7-11-5-6-13(8-18(11)26-10-12)27-20-14(19(25)30)9-15(23)21(29-20)28-17-4-2-1-3-16(17)24/h5-10,16-17H,1-4,24H2,(H2,25,30)(H2,27,28,29)/t16-,17+/m0/s1. The Morgan fingerprint density at radius 3 is 2.73 bits per heavy atom. The molecule has 1 aliphatic carbocycles. The van der Waals surface area contributed by atoms with Crippen molar-refractivity contribution in [1.82, 2.24) is 9.97 Å². The molecule has 6 N–H and O–H groups in total. The lowest BCUT2D eigenvalue weighted by Crippen LogP contribution is -2.43. The molecule has 1 aliphatic rings. The molecule has 0 spiro atoms. The molecule has 1 amide bonds. The quantitative estimate of drug-likeness (QED) is 0.488. The molecule has 0 bridgehead atoms. The second-order valence-electron chi connectivity index (χ2n) is 7.46. The normalized spacial score (nSPS) is 18.9. The van der Waals surface area contributed by atoms with Crippen LogP contribution in [0.1, 0.15) is 36.0 Å². The number of rotatable bonds is 5. The van der Waals surface area contributed by atoms with Crippen LogP contribution in [0.25, 0.3) is 10.9 Å². The molecule has 3 aromatic rings. The van der Waals surface area contributed by atoms with Crippen LogP contribution in [0.4, 0.5) is 21.7 Å². The van der Waals surface area contributed by atoms with Gasteiger partial charge in [-0.2, -0.15) is 0 Å². The average molecular weight is 429 g/mol. The monoisotopic (exact) mass is 428 g/mol. The summed E-state index contributed by atoms with van der Waals surface area (Å²) in [6.45, 7) is 0. The minimum absolute atomic E-state index is 0.0375. The lowest BCUT2D eigenvalue weighted by Gasteiger charge is -2.30. The van der Waals surface area contributed by atoms with Gasteiger partial charge in [0.2, 0.25) is 0 Å². The highest BCUT2D eigenvalue weighted by Crippen LogP contribution is 2.28. The molecule has 0 aliphatic heterocycles. The fourth-order valence-corrected chi connectivity index (χ4v) is 3.86. The van der Waals surface area contributed by atoms with Crippen molar-refractivity contribution in [2.24, 2.45) is 11.5 Å². The number of nitrogens with zero attached hydrogens (tertiary/aromatic N) is 2. The number of hydrogen-bond donors (Lipinski definition) is 4. The van der Waals surface area contributed by atoms with Crippen LogP contribution in [0.2, 0.25) is 5.02 Å². The zero-order chi connectivity index (χ0) is 21.3. The first-order chi connectivity index (χ1) is 14.4. The Morgan fingerprint density at radius 1 is 1.17 bits per heavy atom. The first kappa shape index (κ1) is 20.3. The first-order valence-electron chi connectivity index (χ1n) is 9.75. The number of carbonyl (C=O) groups excluding carboxylic acids is 1. The van der Waals surface area contributed by atoms with Crippen LogP contribution >= 0.6 is 11.6 Å². The van der Waals surface area contributed by atoms with Crippen LogP contribution in [0.3, 0.4) is 0 Å². The molecule has 1 saturated carbocycles. The summed E-state index contributed by atoms with van der Waals surface area (Å²) < 4.78 is 14.6. The summed E-state index contributed by atoms with van der Waals surface area (Å²) in [5, 5.41) is 7.55. The van der Waals surface area contributed by atoms with Gasteiger partial charge in [0.15, 0.2) is 11.6 Å². The summed E-state index contributed by atoms with van der Waals surface area (Å²) in [6.07, 6.45) is 5.34. The zero-order valence-corrected chi connectivity index (χ0v) is 16.9. The van der Waals surface area contributed by atoms with E-state index in [-0.39, 0.29) is 29.3 Å². The molecule has 156 valence electrons. The molecular weight excluding hydrogens is 407 g/mol. The van der Waals surface area contributed by atoms with Gasteiger partial charge >= 0.3 is 0 Å². The lowest BCUT2D eigenvalue weighted by molar-refractivity contribution is 0.100. The smallest absolute Gasteiger partial charge is 0.252 e. The molecule has 1 aromatic carbocycles. The molecule has 7 nitrogen and oxygen atoms in total. The number of benzene rings is 1. The number of nitrogens with one attached hydrogen (secondary N) is 2. The summed E-state index contributed by atoms with van der Waals surface area (Å²) in [5.41, 5.74) is 12.9. The molecule has 2 heterocycles. The number of amides is 1. The molecule has 2 aromatic heterocycles. The summed E-state index contributed by atoms with van der Waals surface area (Å²) >= 11 is 5.98. The highest BCUT2D eigenvalue weighted by molar-refractivity contribution is 6.31. The van der Waals surface area contributed by atoms with Crippen LogP contribution in [-0.4, -0.2) is 28.0 Å². The molecule has 2 atom stereocenters. The third-order valence-electron chi connectivity index (χ3n) is 5.30. The summed E-state index contributed by atoms with van der Waals surface area (Å²) in [5.74, 6) is -1.24. The van der Waals surface area contributed by atoms with Gasteiger partial charge in [-0.15, -0.1) is 0 Å². The van der Waals surface area contributed by atoms with Crippen LogP contribution in [0.5, 0.6) is 0 Å². The minimum Gasteiger partial charge on any atom is -0.365 e. The van der Waals surface area contributed by atoms with Crippen molar-refractivity contribution in [2.75, 3.05) is 10.6 Å². The second-order valence-corrected chi connectivity index (χ2v) is 7.90. The van der Waals surface area contributed by atoms with E-state index >= 15 is 0 Å². The summed E-state index contributed by atoms with van der Waals surface area (Å²) in [7, 11) is 0. The molecule has 30 heavy (non-hydrogen) atoms. The predicted molar refractivity (Wildman–Crippen MR) is 117 cm³/mol. The van der Waals surface area contributed by atoms with Gasteiger partial charge in [-0.25, -0.2) is 9.37 Å². The van der Waals surface area contributed by atoms with Crippen LogP contribution in [0.15, 0.2) is 36.5 Å². The number of nitrogens with two attached hydrogens (primary N) is 2. The van der Waals surface area contributed by atoms with Crippen molar-refractivity contribution in [2.45, 2.75) is 37.8 Å². The highest BCUT2D eigenvalue weighted by atomic mass is 35.5. The van der Waals surface area contributed by atoms with E-state index in [9.17, 15) is 9.18 Å². The number of hydrogen-bond acceptors (Lipinski definition) is 6. The number of pyridine rings is 2. The van der Waals surface area contributed by atoms with Crippen LogP contribution in [-0.2, 0) is 0 Å². The average Bonchev–Trinajstić information content (AvgIpc) is 2.71. The Balaban J connectivity index is 1.67. The van der Waals surface area contributed by atoms with Crippen LogP contribution in [0, 0.1) is 5.82 Å². The van der Waals surface area contributed by atoms with E-state index in [1.54, 1.807) is 24.4 Å². The third kappa shape index (κ3) is 4.29. The maximum Gasteiger partial charge on any atom is 0.252 e. The molecule has 9 heteroatoms. The van der Waals surface area contributed by atoms with Crippen molar-refractivity contribution in [3.05, 3.63) is 52.9 Å². The summed E-state index contributed by atoms with van der Waals surface area (Å²) in [6, 6.07) is 8.14. The van der Waals surface area contributed by atoms with Crippen molar-refractivity contribution < 1.29 is 9.18 Å². The van der Waals surface area contributed by atoms with Gasteiger partial charge in [0.1, 0.15) is 5.82 Å². The van der Waals surface area contributed by atoms with E-state index in [1.807, 2.05) is 6.07 Å². The van der Waals surface area contributed by atoms with Gasteiger partial charge in [0.25, 0.3) is 5.91 Å². The largest absolute Gasteiger partial charge is 0.365 e. The lowest BCUT2D eigenvalue weighted by atomic mass is 9.91. The van der Waals surface area contributed by atoms with E-state index < -0.39 is 11.7 Å². The Hall–Kier alpha value is -2.97. The molecule has 0 radical (unpaired) electrons. The number of primary amides is 1. The maximum absolute atomic E-state index is 14.6. The van der Waals surface area contributed by atoms with Gasteiger partial charge in [-0.3, -0.25) is 9.78 Å². The fraction of sp³-hybridized carbons (Fsp3) is 0.286. The minimum atomic E-state index is -0.782. The first-order valence-corrected chi connectivity index (χ1v) is 10.1. The molecule has 0 unspecified atom stereocenters. The number of anilines is 3. The molecule has 0 saturated heterocycles. The molecular formula is C21H22ClFN6O. The Labute approximate surface area is 178 Å². The van der Waals surface area contributed by atoms with Crippen molar-refractivity contribution in [3.8, 4) is 0 Å². The number of halogens is 2. The summed E-state index contributed by atoms with van der Waals surface area (Å²) in [4.78, 5) is 20.5. The van der Waals surface area contributed by atoms with Crippen molar-refractivity contribution in [1.29, 1.82) is 0 Å². The SMILES string of the molecule is NC(=O)c1cc(F)c(N[C@@H]2CCCC[C@@H]2N)nc1Nc1ccc2cc(Cl)cnc2c1.